The molecule has 5 nitrogen and oxygen atoms in total. The van der Waals surface area contributed by atoms with Crippen molar-refractivity contribution in [1.29, 1.82) is 0 Å². The molecule has 0 unspecified atom stereocenters. The quantitative estimate of drug-likeness (QED) is 0.721. The number of anilines is 1. The van der Waals surface area contributed by atoms with Gasteiger partial charge in [0.2, 0.25) is 0 Å². The first-order chi connectivity index (χ1) is 10.1. The number of aromatic nitrogens is 2. The van der Waals surface area contributed by atoms with E-state index >= 15 is 0 Å². The van der Waals surface area contributed by atoms with E-state index in [1.807, 2.05) is 37.3 Å². The standard InChI is InChI=1S/C16H15N3O2/c1-10-13(3-2-4-14(10)17)16-18-15(19-21-16)9-11-5-7-12(20)8-6-11/h2-8,20H,9,17H2,1H3. The summed E-state index contributed by atoms with van der Waals surface area (Å²) in [6, 6.07) is 12.5. The molecule has 3 aromatic rings. The number of hydrogen-bond acceptors (Lipinski definition) is 5. The molecule has 1 heterocycles. The van der Waals surface area contributed by atoms with Crippen LogP contribution in [0.25, 0.3) is 11.5 Å². The van der Waals surface area contributed by atoms with E-state index in [1.165, 1.54) is 0 Å². The Labute approximate surface area is 122 Å². The maximum absolute atomic E-state index is 9.27. The number of hydrogen-bond donors (Lipinski definition) is 2. The Morgan fingerprint density at radius 3 is 2.67 bits per heavy atom. The van der Waals surface area contributed by atoms with Gasteiger partial charge in [0.1, 0.15) is 5.75 Å². The van der Waals surface area contributed by atoms with E-state index in [1.54, 1.807) is 12.1 Å². The molecule has 0 aliphatic heterocycles. The lowest BCUT2D eigenvalue weighted by Crippen LogP contribution is -1.93. The predicted octanol–water partition coefficient (Wildman–Crippen LogP) is 2.92. The number of benzene rings is 2. The molecule has 1 aromatic heterocycles. The van der Waals surface area contributed by atoms with Gasteiger partial charge in [-0.3, -0.25) is 0 Å². The van der Waals surface area contributed by atoms with E-state index in [9.17, 15) is 5.11 Å². The highest BCUT2D eigenvalue weighted by Crippen LogP contribution is 2.25. The largest absolute Gasteiger partial charge is 0.508 e. The van der Waals surface area contributed by atoms with E-state index in [0.29, 0.717) is 23.8 Å². The van der Waals surface area contributed by atoms with Crippen molar-refractivity contribution in [3.8, 4) is 17.2 Å². The summed E-state index contributed by atoms with van der Waals surface area (Å²) < 4.78 is 5.32. The van der Waals surface area contributed by atoms with Crippen LogP contribution in [0.4, 0.5) is 5.69 Å². The molecule has 0 aliphatic rings. The summed E-state index contributed by atoms with van der Waals surface area (Å²) in [4.78, 5) is 4.40. The summed E-state index contributed by atoms with van der Waals surface area (Å²) in [6.07, 6.45) is 0.547. The molecule has 0 fully saturated rings. The Kier molecular flexibility index (Phi) is 3.31. The Bertz CT molecular complexity index is 763. The van der Waals surface area contributed by atoms with Crippen LogP contribution in [0.1, 0.15) is 17.0 Å². The fourth-order valence-electron chi connectivity index (χ4n) is 2.12. The van der Waals surface area contributed by atoms with Gasteiger partial charge in [0.25, 0.3) is 5.89 Å². The number of nitrogens with zero attached hydrogens (tertiary/aromatic N) is 2. The average Bonchev–Trinajstić information content (AvgIpc) is 2.93. The molecule has 0 amide bonds. The zero-order valence-electron chi connectivity index (χ0n) is 11.6. The topological polar surface area (TPSA) is 85.2 Å². The molecular weight excluding hydrogens is 266 g/mol. The van der Waals surface area contributed by atoms with Crippen LogP contribution < -0.4 is 5.73 Å². The minimum atomic E-state index is 0.239. The smallest absolute Gasteiger partial charge is 0.258 e. The molecule has 0 saturated heterocycles. The third kappa shape index (κ3) is 2.72. The molecule has 106 valence electrons. The first-order valence-corrected chi connectivity index (χ1v) is 6.59. The van der Waals surface area contributed by atoms with Crippen LogP contribution in [0.3, 0.4) is 0 Å². The van der Waals surface area contributed by atoms with Crippen LogP contribution in [-0.2, 0) is 6.42 Å². The summed E-state index contributed by atoms with van der Waals surface area (Å²) in [5, 5.41) is 13.3. The van der Waals surface area contributed by atoms with Gasteiger partial charge < -0.3 is 15.4 Å². The Hall–Kier alpha value is -2.82. The Morgan fingerprint density at radius 2 is 1.90 bits per heavy atom. The molecule has 3 N–H and O–H groups in total. The van der Waals surface area contributed by atoms with E-state index in [4.69, 9.17) is 10.3 Å². The van der Waals surface area contributed by atoms with Gasteiger partial charge in [-0.15, -0.1) is 0 Å². The summed E-state index contributed by atoms with van der Waals surface area (Å²) in [5.74, 6) is 1.30. The molecule has 0 saturated carbocycles. The molecule has 0 aliphatic carbocycles. The van der Waals surface area contributed by atoms with Crippen molar-refractivity contribution >= 4 is 5.69 Å². The first kappa shape index (κ1) is 13.2. The van der Waals surface area contributed by atoms with E-state index < -0.39 is 0 Å². The van der Waals surface area contributed by atoms with Gasteiger partial charge in [-0.05, 0) is 42.3 Å². The third-order valence-corrected chi connectivity index (χ3v) is 3.37. The molecule has 2 aromatic carbocycles. The lowest BCUT2D eigenvalue weighted by Gasteiger charge is -2.03. The van der Waals surface area contributed by atoms with Crippen molar-refractivity contribution in [2.45, 2.75) is 13.3 Å². The minimum Gasteiger partial charge on any atom is -0.508 e. The zero-order chi connectivity index (χ0) is 14.8. The van der Waals surface area contributed by atoms with Crippen molar-refractivity contribution in [3.63, 3.8) is 0 Å². The monoisotopic (exact) mass is 281 g/mol. The molecular formula is C16H15N3O2. The summed E-state index contributed by atoms with van der Waals surface area (Å²) in [7, 11) is 0. The minimum absolute atomic E-state index is 0.239. The number of aromatic hydroxyl groups is 1. The fraction of sp³-hybridized carbons (Fsp3) is 0.125. The normalized spacial score (nSPS) is 10.7. The number of phenols is 1. The van der Waals surface area contributed by atoms with E-state index in [2.05, 4.69) is 10.1 Å². The third-order valence-electron chi connectivity index (χ3n) is 3.37. The fourth-order valence-corrected chi connectivity index (χ4v) is 2.12. The SMILES string of the molecule is Cc1c(N)cccc1-c1nc(Cc2ccc(O)cc2)no1. The molecule has 0 spiro atoms. The van der Waals surface area contributed by atoms with Crippen LogP contribution in [0.5, 0.6) is 5.75 Å². The molecule has 0 radical (unpaired) electrons. The summed E-state index contributed by atoms with van der Waals surface area (Å²) in [5.41, 5.74) is 9.37. The lowest BCUT2D eigenvalue weighted by atomic mass is 10.1. The van der Waals surface area contributed by atoms with Gasteiger partial charge in [-0.2, -0.15) is 4.98 Å². The van der Waals surface area contributed by atoms with E-state index in [-0.39, 0.29) is 5.75 Å². The second-order valence-electron chi connectivity index (χ2n) is 4.88. The van der Waals surface area contributed by atoms with Crippen LogP contribution >= 0.6 is 0 Å². The summed E-state index contributed by atoms with van der Waals surface area (Å²) in [6.45, 7) is 1.93. The van der Waals surface area contributed by atoms with Gasteiger partial charge in [-0.25, -0.2) is 0 Å². The number of phenolic OH excluding ortho intramolecular Hbond substituents is 1. The van der Waals surface area contributed by atoms with Gasteiger partial charge in [0.05, 0.1) is 0 Å². The van der Waals surface area contributed by atoms with Crippen LogP contribution in [0, 0.1) is 6.92 Å². The van der Waals surface area contributed by atoms with Crippen molar-refractivity contribution in [2.75, 3.05) is 5.73 Å². The van der Waals surface area contributed by atoms with Crippen LogP contribution in [-0.4, -0.2) is 15.2 Å². The average molecular weight is 281 g/mol. The van der Waals surface area contributed by atoms with Crippen LogP contribution in [0.15, 0.2) is 47.0 Å². The predicted molar refractivity (Wildman–Crippen MR) is 79.8 cm³/mol. The van der Waals surface area contributed by atoms with Gasteiger partial charge in [-0.1, -0.05) is 23.4 Å². The number of rotatable bonds is 3. The van der Waals surface area contributed by atoms with Crippen LogP contribution in [0.2, 0.25) is 0 Å². The van der Waals surface area contributed by atoms with Crippen molar-refractivity contribution in [1.82, 2.24) is 10.1 Å². The number of nitrogen functional groups attached to an aromatic ring is 1. The Balaban J connectivity index is 1.86. The highest BCUT2D eigenvalue weighted by atomic mass is 16.5. The van der Waals surface area contributed by atoms with Gasteiger partial charge >= 0.3 is 0 Å². The summed E-state index contributed by atoms with van der Waals surface area (Å²) >= 11 is 0. The van der Waals surface area contributed by atoms with Gasteiger partial charge in [0, 0.05) is 17.7 Å². The molecule has 0 atom stereocenters. The molecule has 5 heteroatoms. The van der Waals surface area contributed by atoms with E-state index in [0.717, 1.165) is 16.7 Å². The van der Waals surface area contributed by atoms with Crippen molar-refractivity contribution in [2.24, 2.45) is 0 Å². The second-order valence-corrected chi connectivity index (χ2v) is 4.88. The van der Waals surface area contributed by atoms with Gasteiger partial charge in [0.15, 0.2) is 5.82 Å². The molecule has 3 rings (SSSR count). The number of nitrogens with two attached hydrogens (primary N) is 1. The zero-order valence-corrected chi connectivity index (χ0v) is 11.6. The second kappa shape index (κ2) is 5.28. The highest BCUT2D eigenvalue weighted by Gasteiger charge is 2.12. The molecule has 0 bridgehead atoms. The first-order valence-electron chi connectivity index (χ1n) is 6.59. The maximum Gasteiger partial charge on any atom is 0.258 e. The highest BCUT2D eigenvalue weighted by molar-refractivity contribution is 5.66. The maximum atomic E-state index is 9.27. The van der Waals surface area contributed by atoms with Crippen molar-refractivity contribution in [3.05, 3.63) is 59.4 Å². The Morgan fingerprint density at radius 1 is 1.14 bits per heavy atom. The van der Waals surface area contributed by atoms with Crippen molar-refractivity contribution < 1.29 is 9.63 Å². The lowest BCUT2D eigenvalue weighted by molar-refractivity contribution is 0.423. The molecule has 21 heavy (non-hydrogen) atoms.